The molecule has 0 N–H and O–H groups in total. The van der Waals surface area contributed by atoms with Gasteiger partial charge in [0, 0.05) is 37.6 Å². The van der Waals surface area contributed by atoms with Gasteiger partial charge < -0.3 is 14.0 Å². The molecule has 2 aromatic rings. The third kappa shape index (κ3) is 3.27. The van der Waals surface area contributed by atoms with Crippen LogP contribution in [-0.4, -0.2) is 50.4 Å². The van der Waals surface area contributed by atoms with E-state index in [9.17, 15) is 0 Å². The van der Waals surface area contributed by atoms with Crippen LogP contribution in [0.15, 0.2) is 18.5 Å². The van der Waals surface area contributed by atoms with Crippen LogP contribution in [-0.2, 0) is 24.4 Å². The van der Waals surface area contributed by atoms with Crippen molar-refractivity contribution < 1.29 is 9.47 Å². The second-order valence-electron chi connectivity index (χ2n) is 6.47. The Kier molecular flexibility index (Phi) is 4.44. The van der Waals surface area contributed by atoms with Crippen LogP contribution in [0.2, 0.25) is 0 Å². The van der Waals surface area contributed by atoms with Gasteiger partial charge in [0.05, 0.1) is 13.2 Å². The molecule has 1 fully saturated rings. The van der Waals surface area contributed by atoms with Gasteiger partial charge in [0.15, 0.2) is 5.82 Å². The minimum absolute atomic E-state index is 0.281. The van der Waals surface area contributed by atoms with Crippen molar-refractivity contribution in [1.82, 2.24) is 24.6 Å². The summed E-state index contributed by atoms with van der Waals surface area (Å²) in [5.74, 6) is 2.95. The molecule has 0 aromatic carbocycles. The van der Waals surface area contributed by atoms with E-state index in [0.29, 0.717) is 6.61 Å². The predicted octanol–water partition coefficient (Wildman–Crippen LogP) is 1.56. The number of nitrogens with zero attached hydrogens (tertiary/aromatic N) is 5. The molecule has 0 aliphatic carbocycles. The molecule has 4 rings (SSSR count). The molecular formula is C17H23N5O2. The maximum Gasteiger partial charge on any atom is 0.159 e. The molecule has 0 bridgehead atoms. The molecule has 128 valence electrons. The number of fused-ring (bicyclic) bond motifs is 1. The number of ether oxygens (including phenoxy) is 2. The number of rotatable bonds is 4. The SMILES string of the molecule is Cc1cnccc1OC1CCN(Cc2nnc3n2CCOC3)CC1. The summed E-state index contributed by atoms with van der Waals surface area (Å²) in [5, 5.41) is 8.58. The van der Waals surface area contributed by atoms with Gasteiger partial charge in [0.25, 0.3) is 0 Å². The fraction of sp³-hybridized carbons (Fsp3) is 0.588. The molecule has 7 heteroatoms. The van der Waals surface area contributed by atoms with Crippen LogP contribution in [0.3, 0.4) is 0 Å². The minimum Gasteiger partial charge on any atom is -0.490 e. The van der Waals surface area contributed by atoms with Gasteiger partial charge in [0.2, 0.25) is 0 Å². The molecule has 24 heavy (non-hydrogen) atoms. The van der Waals surface area contributed by atoms with E-state index in [-0.39, 0.29) is 6.10 Å². The molecular weight excluding hydrogens is 306 g/mol. The number of piperidine rings is 1. The Morgan fingerprint density at radius 2 is 2.12 bits per heavy atom. The van der Waals surface area contributed by atoms with E-state index in [0.717, 1.165) is 68.6 Å². The van der Waals surface area contributed by atoms with Crippen LogP contribution in [0.5, 0.6) is 5.75 Å². The average molecular weight is 329 g/mol. The first-order valence-electron chi connectivity index (χ1n) is 8.58. The van der Waals surface area contributed by atoms with E-state index in [2.05, 4.69) is 24.6 Å². The van der Waals surface area contributed by atoms with E-state index in [4.69, 9.17) is 9.47 Å². The highest BCUT2D eigenvalue weighted by molar-refractivity contribution is 5.28. The topological polar surface area (TPSA) is 65.3 Å². The molecule has 2 aromatic heterocycles. The molecule has 0 atom stereocenters. The first-order chi connectivity index (χ1) is 11.8. The largest absolute Gasteiger partial charge is 0.490 e. The van der Waals surface area contributed by atoms with Gasteiger partial charge in [-0.15, -0.1) is 10.2 Å². The second-order valence-corrected chi connectivity index (χ2v) is 6.47. The van der Waals surface area contributed by atoms with E-state index in [1.54, 1.807) is 6.20 Å². The van der Waals surface area contributed by atoms with Crippen LogP contribution < -0.4 is 4.74 Å². The molecule has 0 amide bonds. The monoisotopic (exact) mass is 329 g/mol. The van der Waals surface area contributed by atoms with Gasteiger partial charge in [0.1, 0.15) is 24.3 Å². The van der Waals surface area contributed by atoms with Crippen molar-refractivity contribution in [2.75, 3.05) is 19.7 Å². The zero-order valence-corrected chi connectivity index (χ0v) is 14.0. The predicted molar refractivity (Wildman–Crippen MR) is 87.6 cm³/mol. The Balaban J connectivity index is 1.32. The maximum absolute atomic E-state index is 6.14. The summed E-state index contributed by atoms with van der Waals surface area (Å²) in [6, 6.07) is 1.95. The lowest BCUT2D eigenvalue weighted by atomic mass is 10.1. The first-order valence-corrected chi connectivity index (χ1v) is 8.58. The van der Waals surface area contributed by atoms with Gasteiger partial charge >= 0.3 is 0 Å². The van der Waals surface area contributed by atoms with Crippen molar-refractivity contribution in [2.45, 2.75) is 45.6 Å². The molecule has 7 nitrogen and oxygen atoms in total. The zero-order chi connectivity index (χ0) is 16.4. The summed E-state index contributed by atoms with van der Waals surface area (Å²) in [4.78, 5) is 6.55. The van der Waals surface area contributed by atoms with Gasteiger partial charge in [-0.05, 0) is 25.8 Å². The third-order valence-electron chi connectivity index (χ3n) is 4.76. The van der Waals surface area contributed by atoms with E-state index in [1.807, 2.05) is 19.2 Å². The first kappa shape index (κ1) is 15.5. The van der Waals surface area contributed by atoms with Crippen LogP contribution in [0.1, 0.15) is 30.1 Å². The van der Waals surface area contributed by atoms with Gasteiger partial charge in [-0.3, -0.25) is 9.88 Å². The van der Waals surface area contributed by atoms with Crippen molar-refractivity contribution in [3.63, 3.8) is 0 Å². The number of aryl methyl sites for hydroxylation is 1. The molecule has 1 saturated heterocycles. The fourth-order valence-electron chi connectivity index (χ4n) is 3.33. The highest BCUT2D eigenvalue weighted by Gasteiger charge is 2.24. The number of aromatic nitrogens is 4. The third-order valence-corrected chi connectivity index (χ3v) is 4.76. The highest BCUT2D eigenvalue weighted by Crippen LogP contribution is 2.22. The molecule has 0 saturated carbocycles. The molecule has 0 spiro atoms. The normalized spacial score (nSPS) is 19.2. The fourth-order valence-corrected chi connectivity index (χ4v) is 3.33. The Bertz CT molecular complexity index is 694. The summed E-state index contributed by atoms with van der Waals surface area (Å²) >= 11 is 0. The molecule has 0 radical (unpaired) electrons. The van der Waals surface area contributed by atoms with E-state index in [1.165, 1.54) is 0 Å². The second kappa shape index (κ2) is 6.86. The molecule has 0 unspecified atom stereocenters. The summed E-state index contributed by atoms with van der Waals surface area (Å²) in [6.45, 7) is 7.12. The Labute approximate surface area is 141 Å². The number of hydrogen-bond acceptors (Lipinski definition) is 6. The van der Waals surface area contributed by atoms with Crippen molar-refractivity contribution in [2.24, 2.45) is 0 Å². The van der Waals surface area contributed by atoms with Gasteiger partial charge in [-0.1, -0.05) is 0 Å². The van der Waals surface area contributed by atoms with Crippen molar-refractivity contribution in [3.8, 4) is 5.75 Å². The minimum atomic E-state index is 0.281. The summed E-state index contributed by atoms with van der Waals surface area (Å²) in [7, 11) is 0. The van der Waals surface area contributed by atoms with Gasteiger partial charge in [-0.2, -0.15) is 0 Å². The van der Waals surface area contributed by atoms with Crippen LogP contribution >= 0.6 is 0 Å². The van der Waals surface area contributed by atoms with Gasteiger partial charge in [-0.25, -0.2) is 0 Å². The number of pyridine rings is 1. The van der Waals surface area contributed by atoms with Crippen molar-refractivity contribution >= 4 is 0 Å². The maximum atomic E-state index is 6.14. The van der Waals surface area contributed by atoms with Crippen LogP contribution in [0.25, 0.3) is 0 Å². The lowest BCUT2D eigenvalue weighted by Gasteiger charge is -2.32. The van der Waals surface area contributed by atoms with Crippen LogP contribution in [0, 0.1) is 6.92 Å². The molecule has 2 aliphatic heterocycles. The number of hydrogen-bond donors (Lipinski definition) is 0. The summed E-state index contributed by atoms with van der Waals surface area (Å²) < 4.78 is 13.8. The van der Waals surface area contributed by atoms with E-state index < -0.39 is 0 Å². The smallest absolute Gasteiger partial charge is 0.159 e. The highest BCUT2D eigenvalue weighted by atomic mass is 16.5. The lowest BCUT2D eigenvalue weighted by molar-refractivity contribution is 0.0759. The zero-order valence-electron chi connectivity index (χ0n) is 14.0. The molecule has 4 heterocycles. The van der Waals surface area contributed by atoms with Crippen molar-refractivity contribution in [3.05, 3.63) is 35.7 Å². The average Bonchev–Trinajstić information content (AvgIpc) is 3.02. The van der Waals surface area contributed by atoms with Crippen LogP contribution in [0.4, 0.5) is 0 Å². The van der Waals surface area contributed by atoms with Crippen molar-refractivity contribution in [1.29, 1.82) is 0 Å². The Morgan fingerprint density at radius 1 is 1.25 bits per heavy atom. The lowest BCUT2D eigenvalue weighted by Crippen LogP contribution is -2.38. The standard InChI is InChI=1S/C17H23N5O2/c1-13-10-18-5-2-15(13)24-14-3-6-21(7-4-14)11-16-19-20-17-12-23-9-8-22(16)17/h2,5,10,14H,3-4,6-9,11-12H2,1H3. The summed E-state index contributed by atoms with van der Waals surface area (Å²) in [5.41, 5.74) is 1.09. The van der Waals surface area contributed by atoms with E-state index >= 15 is 0 Å². The number of likely N-dealkylation sites (tertiary alicyclic amines) is 1. The summed E-state index contributed by atoms with van der Waals surface area (Å²) in [6.07, 6.45) is 5.98. The Morgan fingerprint density at radius 3 is 2.96 bits per heavy atom. The quantitative estimate of drug-likeness (QED) is 0.848. The molecule has 2 aliphatic rings. The Hall–Kier alpha value is -1.99.